The fourth-order valence-corrected chi connectivity index (χ4v) is 21.8. The van der Waals surface area contributed by atoms with E-state index >= 15 is 0 Å². The first kappa shape index (κ1) is 42.8. The van der Waals surface area contributed by atoms with E-state index in [4.69, 9.17) is 13.6 Å². The maximum Gasteiger partial charge on any atom is 0.302 e. The van der Waals surface area contributed by atoms with E-state index in [1.807, 2.05) is 0 Å². The van der Waals surface area contributed by atoms with E-state index in [2.05, 4.69) is 202 Å². The lowest BCUT2D eigenvalue weighted by molar-refractivity contribution is -0.154. The number of benzene rings is 6. The minimum atomic E-state index is -2.96. The average Bonchev–Trinajstić information content (AvgIpc) is 3.68. The number of esters is 1. The number of carbonyl (C=O) groups is 1. The first-order valence-electron chi connectivity index (χ1n) is 23.8. The van der Waals surface area contributed by atoms with Crippen LogP contribution < -0.4 is 31.1 Å². The number of carbonyl (C=O) groups excluding carboxylic acids is 1. The molecule has 0 spiro atoms. The summed E-state index contributed by atoms with van der Waals surface area (Å²) in [6.45, 7) is 7.04. The Labute approximate surface area is 383 Å². The molecule has 0 amide bonds. The molecule has 0 bridgehead atoms. The molecule has 3 fully saturated rings. The molecule has 0 aromatic heterocycles. The van der Waals surface area contributed by atoms with Crippen LogP contribution in [0.3, 0.4) is 0 Å². The summed E-state index contributed by atoms with van der Waals surface area (Å²) in [5.41, 5.74) is 1.24. The summed E-state index contributed by atoms with van der Waals surface area (Å²) in [6.07, 6.45) is 9.99. The van der Waals surface area contributed by atoms with Gasteiger partial charge in [0.1, 0.15) is 6.61 Å². The predicted octanol–water partition coefficient (Wildman–Crippen LogP) is 8.84. The monoisotopic (exact) mass is 878 g/mol. The van der Waals surface area contributed by atoms with E-state index in [9.17, 15) is 4.79 Å². The summed E-state index contributed by atoms with van der Waals surface area (Å²) in [6, 6.07) is 66.1. The number of fused-ring (bicyclic) bond motifs is 5. The highest BCUT2D eigenvalue weighted by molar-refractivity contribution is 7.07. The van der Waals surface area contributed by atoms with Crippen molar-refractivity contribution in [2.75, 3.05) is 6.61 Å². The molecule has 6 aromatic rings. The topological polar surface area (TPSA) is 44.8 Å². The second-order valence-electron chi connectivity index (χ2n) is 19.5. The standard InChI is InChI=1S/C58H62O4Si2/c1-43-40-46(61-63(47-22-10-4-11-23-47,48-24-12-5-13-25-48)49-26-14-6-15-27-49)41-45-34-35-53-54-36-37-56(57(54,3)39-38-55(53)58(43,45)42-60-44(2)59)62-64(50-28-16-7-17-29-50,51-30-18-8-19-31-51)52-32-20-9-21-33-52/h4-33,41,43,46,53-56H,34-40,42H2,1-3H3/t43-,46+,53+,54+,55+,56+,57+,58+/m1/s1. The largest absolute Gasteiger partial charge is 0.465 e. The minimum absolute atomic E-state index is 0.0252. The van der Waals surface area contributed by atoms with Gasteiger partial charge in [0.25, 0.3) is 16.6 Å². The van der Waals surface area contributed by atoms with Crippen LogP contribution in [0.15, 0.2) is 194 Å². The molecule has 8 atom stereocenters. The summed E-state index contributed by atoms with van der Waals surface area (Å²) in [5, 5.41) is 7.65. The van der Waals surface area contributed by atoms with E-state index in [0.29, 0.717) is 24.4 Å². The van der Waals surface area contributed by atoms with Crippen molar-refractivity contribution in [3.63, 3.8) is 0 Å². The van der Waals surface area contributed by atoms with Gasteiger partial charge in [-0.1, -0.05) is 207 Å². The van der Waals surface area contributed by atoms with Crippen LogP contribution in [0.2, 0.25) is 0 Å². The molecule has 4 nitrogen and oxygen atoms in total. The molecule has 0 aliphatic heterocycles. The van der Waals surface area contributed by atoms with Crippen molar-refractivity contribution < 1.29 is 18.4 Å². The Balaban J connectivity index is 1.01. The van der Waals surface area contributed by atoms with Gasteiger partial charge < -0.3 is 13.6 Å². The fourth-order valence-electron chi connectivity index (χ4n) is 13.6. The highest BCUT2D eigenvalue weighted by Gasteiger charge is 2.64. The normalized spacial score (nSPS) is 27.6. The van der Waals surface area contributed by atoms with Crippen molar-refractivity contribution in [2.45, 2.75) is 77.9 Å². The fraction of sp³-hybridized carbons (Fsp3) is 0.328. The van der Waals surface area contributed by atoms with E-state index in [1.165, 1.54) is 36.7 Å². The third kappa shape index (κ3) is 7.22. The zero-order valence-corrected chi connectivity index (χ0v) is 39.7. The molecular weight excluding hydrogens is 817 g/mol. The Kier molecular flexibility index (Phi) is 11.8. The minimum Gasteiger partial charge on any atom is -0.465 e. The van der Waals surface area contributed by atoms with Crippen LogP contribution >= 0.6 is 0 Å². The van der Waals surface area contributed by atoms with Gasteiger partial charge in [-0.2, -0.15) is 0 Å². The van der Waals surface area contributed by atoms with Crippen LogP contribution in [-0.2, 0) is 18.4 Å². The van der Waals surface area contributed by atoms with Gasteiger partial charge in [-0.25, -0.2) is 0 Å². The molecule has 3 saturated carbocycles. The maximum absolute atomic E-state index is 12.8. The lowest BCUT2D eigenvalue weighted by atomic mass is 9.45. The average molecular weight is 879 g/mol. The summed E-state index contributed by atoms with van der Waals surface area (Å²) in [7, 11) is -5.88. The molecule has 4 aliphatic carbocycles. The number of hydrogen-bond acceptors (Lipinski definition) is 4. The third-order valence-electron chi connectivity index (χ3n) is 16.5. The van der Waals surface area contributed by atoms with E-state index < -0.39 is 16.6 Å². The Morgan fingerprint density at radius 3 is 1.41 bits per heavy atom. The van der Waals surface area contributed by atoms with Crippen LogP contribution in [0.5, 0.6) is 0 Å². The van der Waals surface area contributed by atoms with Crippen LogP contribution in [0, 0.1) is 34.5 Å². The molecule has 0 unspecified atom stereocenters. The highest BCUT2D eigenvalue weighted by Crippen LogP contribution is 2.67. The number of hydrogen-bond donors (Lipinski definition) is 0. The van der Waals surface area contributed by atoms with Crippen molar-refractivity contribution in [1.82, 2.24) is 0 Å². The van der Waals surface area contributed by atoms with Gasteiger partial charge in [0.05, 0.1) is 12.2 Å². The van der Waals surface area contributed by atoms with Crippen LogP contribution in [-0.4, -0.2) is 41.4 Å². The molecule has 0 saturated heterocycles. The van der Waals surface area contributed by atoms with Crippen molar-refractivity contribution in [3.05, 3.63) is 194 Å². The molecule has 0 radical (unpaired) electrons. The third-order valence-corrected chi connectivity index (χ3v) is 24.6. The molecule has 4 aliphatic rings. The zero-order valence-electron chi connectivity index (χ0n) is 37.7. The molecular formula is C58H62O4Si2. The van der Waals surface area contributed by atoms with Crippen molar-refractivity contribution in [3.8, 4) is 0 Å². The zero-order chi connectivity index (χ0) is 43.8. The van der Waals surface area contributed by atoms with Crippen molar-refractivity contribution in [1.29, 1.82) is 0 Å². The van der Waals surface area contributed by atoms with Gasteiger partial charge >= 0.3 is 5.97 Å². The lowest BCUT2D eigenvalue weighted by Gasteiger charge is -2.61. The summed E-state index contributed by atoms with van der Waals surface area (Å²) in [4.78, 5) is 12.8. The van der Waals surface area contributed by atoms with Gasteiger partial charge in [0.15, 0.2) is 0 Å². The van der Waals surface area contributed by atoms with E-state index in [0.717, 1.165) is 44.9 Å². The molecule has 6 heteroatoms. The van der Waals surface area contributed by atoms with Gasteiger partial charge in [-0.3, -0.25) is 4.79 Å². The van der Waals surface area contributed by atoms with Gasteiger partial charge in [-0.15, -0.1) is 0 Å². The maximum atomic E-state index is 12.8. The van der Waals surface area contributed by atoms with Gasteiger partial charge in [0.2, 0.25) is 0 Å². The number of rotatable bonds is 12. The molecule has 0 N–H and O–H groups in total. The molecule has 0 heterocycles. The van der Waals surface area contributed by atoms with Gasteiger partial charge in [0, 0.05) is 12.3 Å². The molecule has 326 valence electrons. The molecule has 10 rings (SSSR count). The summed E-state index contributed by atoms with van der Waals surface area (Å²) in [5.74, 6) is 1.53. The Morgan fingerprint density at radius 2 is 0.984 bits per heavy atom. The second kappa shape index (κ2) is 17.7. The van der Waals surface area contributed by atoms with Crippen molar-refractivity contribution in [2.24, 2.45) is 34.5 Å². The Bertz CT molecular complexity index is 2340. The predicted molar refractivity (Wildman–Crippen MR) is 265 cm³/mol. The molecule has 64 heavy (non-hydrogen) atoms. The Hall–Kier alpha value is -5.12. The quantitative estimate of drug-likeness (QED) is 0.0534. The van der Waals surface area contributed by atoms with Gasteiger partial charge in [-0.05, 0) is 105 Å². The SMILES string of the molecule is CC(=O)OC[C@@]12C(=C[C@@H](O[Si](c3ccccc3)(c3ccccc3)c3ccccc3)C[C@H]1C)CC[C@H]1[C@@H]3CC[C@H](O[Si](c4ccccc4)(c4ccccc4)c4ccccc4)[C@@]3(C)CC[C@@H]12. The Morgan fingerprint density at radius 1 is 0.562 bits per heavy atom. The number of ether oxygens (including phenoxy) is 1. The second-order valence-corrected chi connectivity index (χ2v) is 26.2. The van der Waals surface area contributed by atoms with E-state index in [-0.39, 0.29) is 34.9 Å². The van der Waals surface area contributed by atoms with Crippen molar-refractivity contribution >= 4 is 53.7 Å². The first-order chi connectivity index (χ1) is 31.3. The van der Waals surface area contributed by atoms with E-state index in [1.54, 1.807) is 6.92 Å². The summed E-state index contributed by atoms with van der Waals surface area (Å²) >= 11 is 0. The first-order valence-corrected chi connectivity index (χ1v) is 27.6. The lowest BCUT2D eigenvalue weighted by Crippen LogP contribution is -2.71. The van der Waals surface area contributed by atoms with Crippen LogP contribution in [0.4, 0.5) is 0 Å². The van der Waals surface area contributed by atoms with Crippen LogP contribution in [0.25, 0.3) is 0 Å². The van der Waals surface area contributed by atoms with Crippen LogP contribution in [0.1, 0.15) is 65.7 Å². The summed E-state index contributed by atoms with van der Waals surface area (Å²) < 4.78 is 22.2. The molecule has 6 aromatic carbocycles. The highest BCUT2D eigenvalue weighted by atomic mass is 28.4. The smallest absolute Gasteiger partial charge is 0.302 e.